The summed E-state index contributed by atoms with van der Waals surface area (Å²) in [6.45, 7) is 4.65. The number of thiazole rings is 1. The molecule has 1 aromatic carbocycles. The van der Waals surface area contributed by atoms with Gasteiger partial charge >= 0.3 is 0 Å². The third-order valence-electron chi connectivity index (χ3n) is 2.89. The number of carbonyl (C=O) groups is 1. The number of carbonyl (C=O) groups excluding carboxylic acids is 1. The van der Waals surface area contributed by atoms with Gasteiger partial charge in [0.1, 0.15) is 5.75 Å². The van der Waals surface area contributed by atoms with Crippen LogP contribution in [-0.2, 0) is 0 Å². The highest BCUT2D eigenvalue weighted by Gasteiger charge is 2.12. The van der Waals surface area contributed by atoms with Crippen LogP contribution in [0.25, 0.3) is 6.08 Å². The molecule has 5 heteroatoms. The van der Waals surface area contributed by atoms with E-state index in [0.29, 0.717) is 4.88 Å². The van der Waals surface area contributed by atoms with Crippen LogP contribution in [0.4, 0.5) is 5.13 Å². The molecule has 0 aliphatic carbocycles. The van der Waals surface area contributed by atoms with Crippen LogP contribution in [0.5, 0.6) is 5.75 Å². The number of ketones is 1. The molecule has 0 fully saturated rings. The number of rotatable bonds is 6. The molecule has 0 atom stereocenters. The fraction of sp³-hybridized carbons (Fsp3) is 0.250. The maximum absolute atomic E-state index is 12.2. The highest BCUT2D eigenvalue weighted by atomic mass is 32.1. The average Bonchev–Trinajstić information content (AvgIpc) is 2.86. The third-order valence-corrected chi connectivity index (χ3v) is 4.02. The molecule has 1 heterocycles. The third kappa shape index (κ3) is 3.92. The van der Waals surface area contributed by atoms with Crippen molar-refractivity contribution in [1.82, 2.24) is 4.98 Å². The largest absolute Gasteiger partial charge is 0.497 e. The summed E-state index contributed by atoms with van der Waals surface area (Å²) in [5.74, 6) is 0.775. The van der Waals surface area contributed by atoms with E-state index < -0.39 is 0 Å². The minimum Gasteiger partial charge on any atom is -0.497 e. The van der Waals surface area contributed by atoms with Crippen LogP contribution in [0.3, 0.4) is 0 Å². The predicted octanol–water partition coefficient (Wildman–Crippen LogP) is 3.79. The molecule has 0 bridgehead atoms. The molecule has 110 valence electrons. The normalized spacial score (nSPS) is 10.8. The summed E-state index contributed by atoms with van der Waals surface area (Å²) in [7, 11) is 1.63. The first-order valence-corrected chi connectivity index (χ1v) is 7.53. The molecule has 1 aromatic heterocycles. The number of nitrogens with one attached hydrogen (secondary N) is 1. The molecule has 4 nitrogen and oxygen atoms in total. The Balaban J connectivity index is 2.11. The molecular formula is C16H18N2O2S. The van der Waals surface area contributed by atoms with E-state index in [1.807, 2.05) is 38.1 Å². The molecule has 0 aliphatic heterocycles. The lowest BCUT2D eigenvalue weighted by Gasteiger charge is -1.98. The number of hydrogen-bond acceptors (Lipinski definition) is 5. The number of anilines is 1. The topological polar surface area (TPSA) is 51.2 Å². The molecule has 0 amide bonds. The molecule has 2 aromatic rings. The van der Waals surface area contributed by atoms with Gasteiger partial charge in [-0.3, -0.25) is 4.79 Å². The van der Waals surface area contributed by atoms with Gasteiger partial charge < -0.3 is 10.1 Å². The van der Waals surface area contributed by atoms with Crippen molar-refractivity contribution in [3.8, 4) is 5.75 Å². The molecule has 0 saturated heterocycles. The maximum atomic E-state index is 12.2. The number of aryl methyl sites for hydroxylation is 1. The fourth-order valence-electron chi connectivity index (χ4n) is 1.81. The fourth-order valence-corrected chi connectivity index (χ4v) is 2.77. The monoisotopic (exact) mass is 302 g/mol. The van der Waals surface area contributed by atoms with Gasteiger partial charge in [-0.25, -0.2) is 4.98 Å². The van der Waals surface area contributed by atoms with Crippen LogP contribution in [0.1, 0.15) is 27.9 Å². The Labute approximate surface area is 128 Å². The van der Waals surface area contributed by atoms with E-state index in [4.69, 9.17) is 4.74 Å². The van der Waals surface area contributed by atoms with Crippen LogP contribution in [0.2, 0.25) is 0 Å². The van der Waals surface area contributed by atoms with Gasteiger partial charge in [0, 0.05) is 6.54 Å². The number of allylic oxidation sites excluding steroid dienone is 1. The summed E-state index contributed by atoms with van der Waals surface area (Å²) in [6.07, 6.45) is 3.38. The highest BCUT2D eigenvalue weighted by molar-refractivity contribution is 7.17. The molecular weight excluding hydrogens is 284 g/mol. The van der Waals surface area contributed by atoms with Crippen molar-refractivity contribution in [2.45, 2.75) is 13.8 Å². The van der Waals surface area contributed by atoms with Crippen molar-refractivity contribution < 1.29 is 9.53 Å². The number of ether oxygens (including phenoxy) is 1. The lowest BCUT2D eigenvalue weighted by molar-refractivity contribution is 0.105. The summed E-state index contributed by atoms with van der Waals surface area (Å²) < 4.78 is 5.10. The van der Waals surface area contributed by atoms with Crippen LogP contribution in [0.15, 0.2) is 30.3 Å². The van der Waals surface area contributed by atoms with Gasteiger partial charge in [-0.05, 0) is 37.6 Å². The summed E-state index contributed by atoms with van der Waals surface area (Å²) >= 11 is 1.39. The lowest BCUT2D eigenvalue weighted by Crippen LogP contribution is -1.94. The molecule has 0 radical (unpaired) electrons. The Hall–Kier alpha value is -2.14. The second-order valence-corrected chi connectivity index (χ2v) is 5.43. The van der Waals surface area contributed by atoms with Crippen LogP contribution < -0.4 is 10.1 Å². The van der Waals surface area contributed by atoms with Crippen LogP contribution in [-0.4, -0.2) is 24.4 Å². The minimum atomic E-state index is -0.0232. The molecule has 2 rings (SSSR count). The van der Waals surface area contributed by atoms with Crippen molar-refractivity contribution in [1.29, 1.82) is 0 Å². The first kappa shape index (κ1) is 15.3. The van der Waals surface area contributed by atoms with E-state index in [1.165, 1.54) is 11.3 Å². The van der Waals surface area contributed by atoms with Gasteiger partial charge in [-0.15, -0.1) is 0 Å². The molecule has 0 spiro atoms. The number of aromatic nitrogens is 1. The Morgan fingerprint density at radius 3 is 2.71 bits per heavy atom. The first-order valence-electron chi connectivity index (χ1n) is 6.71. The zero-order chi connectivity index (χ0) is 15.2. The Morgan fingerprint density at radius 1 is 1.38 bits per heavy atom. The van der Waals surface area contributed by atoms with E-state index in [1.54, 1.807) is 19.3 Å². The average molecular weight is 302 g/mol. The van der Waals surface area contributed by atoms with Crippen LogP contribution >= 0.6 is 11.3 Å². The van der Waals surface area contributed by atoms with Crippen LogP contribution in [0, 0.1) is 6.92 Å². The van der Waals surface area contributed by atoms with E-state index in [-0.39, 0.29) is 5.78 Å². The zero-order valence-corrected chi connectivity index (χ0v) is 13.2. The Morgan fingerprint density at radius 2 is 2.10 bits per heavy atom. The molecule has 1 N–H and O–H groups in total. The van der Waals surface area contributed by atoms with Gasteiger partial charge in [0.2, 0.25) is 0 Å². The van der Waals surface area contributed by atoms with E-state index in [2.05, 4.69) is 10.3 Å². The number of hydrogen-bond donors (Lipinski definition) is 1. The zero-order valence-electron chi connectivity index (χ0n) is 12.3. The van der Waals surface area contributed by atoms with Gasteiger partial charge in [0.25, 0.3) is 0 Å². The van der Waals surface area contributed by atoms with Crippen molar-refractivity contribution in [2.24, 2.45) is 0 Å². The van der Waals surface area contributed by atoms with Gasteiger partial charge in [0.05, 0.1) is 17.7 Å². The quantitative estimate of drug-likeness (QED) is 0.651. The minimum absolute atomic E-state index is 0.0232. The van der Waals surface area contributed by atoms with Crippen molar-refractivity contribution in [3.05, 3.63) is 46.5 Å². The van der Waals surface area contributed by atoms with Gasteiger partial charge in [0.15, 0.2) is 10.9 Å². The van der Waals surface area contributed by atoms with E-state index >= 15 is 0 Å². The standard InChI is InChI=1S/C16H18N2O2S/c1-4-17-16-18-11(2)15(21-16)14(19)10-7-12-5-8-13(20-3)9-6-12/h5-10H,4H2,1-3H3,(H,17,18)/b10-7+. The van der Waals surface area contributed by atoms with E-state index in [9.17, 15) is 4.79 Å². The SMILES string of the molecule is CCNc1nc(C)c(C(=O)/C=C/c2ccc(OC)cc2)s1. The Kier molecular flexibility index (Phi) is 5.11. The number of nitrogens with zero attached hydrogens (tertiary/aromatic N) is 1. The number of benzene rings is 1. The van der Waals surface area contributed by atoms with Gasteiger partial charge in [-0.1, -0.05) is 29.5 Å². The lowest BCUT2D eigenvalue weighted by atomic mass is 10.1. The highest BCUT2D eigenvalue weighted by Crippen LogP contribution is 2.23. The number of methoxy groups -OCH3 is 1. The Bertz CT molecular complexity index is 645. The molecule has 0 saturated carbocycles. The summed E-state index contributed by atoms with van der Waals surface area (Å²) in [6, 6.07) is 7.55. The van der Waals surface area contributed by atoms with Crippen molar-refractivity contribution >= 4 is 28.3 Å². The predicted molar refractivity (Wildman–Crippen MR) is 87.4 cm³/mol. The molecule has 21 heavy (non-hydrogen) atoms. The van der Waals surface area contributed by atoms with Crippen molar-refractivity contribution in [3.63, 3.8) is 0 Å². The first-order chi connectivity index (χ1) is 10.1. The second-order valence-electron chi connectivity index (χ2n) is 4.43. The maximum Gasteiger partial charge on any atom is 0.197 e. The van der Waals surface area contributed by atoms with Gasteiger partial charge in [-0.2, -0.15) is 0 Å². The smallest absolute Gasteiger partial charge is 0.197 e. The van der Waals surface area contributed by atoms with Crippen molar-refractivity contribution in [2.75, 3.05) is 19.0 Å². The van der Waals surface area contributed by atoms with E-state index in [0.717, 1.165) is 28.7 Å². The molecule has 0 unspecified atom stereocenters. The summed E-state index contributed by atoms with van der Waals surface area (Å²) in [5.41, 5.74) is 1.72. The second kappa shape index (κ2) is 7.04. The summed E-state index contributed by atoms with van der Waals surface area (Å²) in [5, 5.41) is 3.92. The summed E-state index contributed by atoms with van der Waals surface area (Å²) in [4.78, 5) is 17.2. The molecule has 0 aliphatic rings.